The van der Waals surface area contributed by atoms with E-state index in [1.165, 1.54) is 49.1 Å². The Morgan fingerprint density at radius 3 is 2.52 bits per heavy atom. The van der Waals surface area contributed by atoms with Crippen molar-refractivity contribution >= 4 is 33.4 Å². The predicted octanol–water partition coefficient (Wildman–Crippen LogP) is 4.22. The summed E-state index contributed by atoms with van der Waals surface area (Å²) in [4.78, 5) is 57.2. The van der Waals surface area contributed by atoms with E-state index in [4.69, 9.17) is 13.9 Å². The number of carboxylic acid groups (broad SMARTS) is 1. The van der Waals surface area contributed by atoms with Crippen molar-refractivity contribution in [3.05, 3.63) is 68.7 Å². The van der Waals surface area contributed by atoms with E-state index in [-0.39, 0.29) is 30.0 Å². The molecule has 5 rings (SSSR count). The minimum Gasteiger partial charge on any atom is -0.496 e. The quantitative estimate of drug-likeness (QED) is 0.264. The standard InChI is InChI=1S/C31H36N4O8S/c1-17-24-27(37)35(31(3,4)29(38)39)30(40)34(28(24)44-25(17)26-32-14-15-42-26)16-23(21-8-6-7-9-22(21)41-5)43-20-12-10-19(11-13-20)33-18(2)36/h6-9,14-15,19-20,23H,10-13,16H2,1-5H3,(H,33,36)(H,38,39). The number of thiophene rings is 1. The van der Waals surface area contributed by atoms with Gasteiger partial charge in [-0.05, 0) is 58.1 Å². The highest BCUT2D eigenvalue weighted by Gasteiger charge is 2.36. The zero-order chi connectivity index (χ0) is 31.8. The lowest BCUT2D eigenvalue weighted by atomic mass is 9.92. The number of nitrogens with zero attached hydrogens (tertiary/aromatic N) is 3. The van der Waals surface area contributed by atoms with Crippen LogP contribution in [0.25, 0.3) is 21.0 Å². The third-order valence-corrected chi connectivity index (χ3v) is 9.50. The van der Waals surface area contributed by atoms with Gasteiger partial charge in [0.1, 0.15) is 28.5 Å². The number of carboxylic acids is 1. The Balaban J connectivity index is 1.67. The number of carbonyl (C=O) groups excluding carboxylic acids is 1. The van der Waals surface area contributed by atoms with E-state index in [9.17, 15) is 24.3 Å². The summed E-state index contributed by atoms with van der Waals surface area (Å²) >= 11 is 1.18. The Morgan fingerprint density at radius 1 is 1.20 bits per heavy atom. The molecule has 0 radical (unpaired) electrons. The van der Waals surface area contributed by atoms with E-state index < -0.39 is 28.9 Å². The molecule has 3 heterocycles. The number of methoxy groups -OCH3 is 1. The lowest BCUT2D eigenvalue weighted by Crippen LogP contribution is -2.52. The van der Waals surface area contributed by atoms with Crippen LogP contribution >= 0.6 is 11.3 Å². The maximum atomic E-state index is 14.2. The third-order valence-electron chi connectivity index (χ3n) is 8.19. The van der Waals surface area contributed by atoms with Crippen molar-refractivity contribution in [1.82, 2.24) is 19.4 Å². The molecule has 44 heavy (non-hydrogen) atoms. The summed E-state index contributed by atoms with van der Waals surface area (Å²) in [7, 11) is 1.56. The molecule has 0 aliphatic heterocycles. The number of aliphatic carboxylic acids is 1. The summed E-state index contributed by atoms with van der Waals surface area (Å²) in [5.74, 6) is -0.536. The fourth-order valence-corrected chi connectivity index (χ4v) is 7.05. The van der Waals surface area contributed by atoms with Gasteiger partial charge in [0.05, 0.1) is 36.2 Å². The number of carbonyl (C=O) groups is 2. The summed E-state index contributed by atoms with van der Waals surface area (Å²) in [5, 5.41) is 13.2. The van der Waals surface area contributed by atoms with E-state index in [0.717, 1.165) is 17.4 Å². The van der Waals surface area contributed by atoms with Crippen molar-refractivity contribution in [2.45, 2.75) is 83.7 Å². The first-order valence-corrected chi connectivity index (χ1v) is 15.2. The average Bonchev–Trinajstić information content (AvgIpc) is 3.63. The van der Waals surface area contributed by atoms with Crippen LogP contribution in [0.4, 0.5) is 0 Å². The van der Waals surface area contributed by atoms with Gasteiger partial charge in [0, 0.05) is 18.5 Å². The molecule has 0 spiro atoms. The minimum absolute atomic E-state index is 0.0255. The molecule has 2 N–H and O–H groups in total. The van der Waals surface area contributed by atoms with Crippen molar-refractivity contribution in [2.75, 3.05) is 7.11 Å². The van der Waals surface area contributed by atoms with E-state index in [0.29, 0.717) is 45.3 Å². The molecule has 1 aliphatic rings. The largest absolute Gasteiger partial charge is 0.496 e. The van der Waals surface area contributed by atoms with Gasteiger partial charge in [0.25, 0.3) is 5.56 Å². The maximum Gasteiger partial charge on any atom is 0.333 e. The number of aryl methyl sites for hydroxylation is 1. The number of ether oxygens (including phenoxy) is 2. The second kappa shape index (κ2) is 12.4. The van der Waals surface area contributed by atoms with Crippen LogP contribution < -0.4 is 21.3 Å². The number of benzene rings is 1. The highest BCUT2D eigenvalue weighted by atomic mass is 32.1. The molecule has 1 saturated carbocycles. The fourth-order valence-electron chi connectivity index (χ4n) is 5.81. The van der Waals surface area contributed by atoms with Gasteiger partial charge < -0.3 is 24.3 Å². The molecular formula is C31H36N4O8S. The topological polar surface area (TPSA) is 155 Å². The summed E-state index contributed by atoms with van der Waals surface area (Å²) in [5.41, 5.74) is -2.08. The molecule has 234 valence electrons. The number of fused-ring (bicyclic) bond motifs is 1. The number of hydrogen-bond donors (Lipinski definition) is 2. The highest BCUT2D eigenvalue weighted by Crippen LogP contribution is 2.38. The first-order valence-electron chi connectivity index (χ1n) is 14.4. The van der Waals surface area contributed by atoms with Gasteiger partial charge in [-0.3, -0.25) is 14.2 Å². The van der Waals surface area contributed by atoms with Crippen LogP contribution in [0.2, 0.25) is 0 Å². The SMILES string of the molecule is COc1ccccc1C(Cn1c(=O)n(C(C)(C)C(=O)O)c(=O)c2c(C)c(-c3ncco3)sc21)OC1CCC(NC(C)=O)CC1. The van der Waals surface area contributed by atoms with Crippen LogP contribution in [-0.2, 0) is 26.4 Å². The maximum absolute atomic E-state index is 14.2. The molecule has 1 aliphatic carbocycles. The zero-order valence-electron chi connectivity index (χ0n) is 25.3. The van der Waals surface area contributed by atoms with Gasteiger partial charge >= 0.3 is 11.7 Å². The molecule has 12 nitrogen and oxygen atoms in total. The van der Waals surface area contributed by atoms with Crippen LogP contribution in [0.1, 0.15) is 63.7 Å². The monoisotopic (exact) mass is 624 g/mol. The Labute approximate surface area is 257 Å². The second-order valence-electron chi connectivity index (χ2n) is 11.5. The van der Waals surface area contributed by atoms with Gasteiger partial charge in [-0.2, -0.15) is 0 Å². The van der Waals surface area contributed by atoms with Gasteiger partial charge in [-0.25, -0.2) is 19.1 Å². The predicted molar refractivity (Wildman–Crippen MR) is 164 cm³/mol. The Morgan fingerprint density at radius 2 is 1.91 bits per heavy atom. The molecule has 0 saturated heterocycles. The molecular weight excluding hydrogens is 588 g/mol. The summed E-state index contributed by atoms with van der Waals surface area (Å²) in [6, 6.07) is 7.43. The summed E-state index contributed by atoms with van der Waals surface area (Å²) in [6.07, 6.45) is 4.92. The van der Waals surface area contributed by atoms with Crippen molar-refractivity contribution in [1.29, 1.82) is 0 Å². The molecule has 1 atom stereocenters. The number of amides is 1. The lowest BCUT2D eigenvalue weighted by molar-refractivity contribution is -0.146. The number of para-hydroxylation sites is 1. The smallest absolute Gasteiger partial charge is 0.333 e. The van der Waals surface area contributed by atoms with Crippen LogP contribution in [0.5, 0.6) is 5.75 Å². The molecule has 1 amide bonds. The Bertz CT molecular complexity index is 1800. The average molecular weight is 625 g/mol. The van der Waals surface area contributed by atoms with Crippen molar-refractivity contribution in [2.24, 2.45) is 0 Å². The fraction of sp³-hybridized carbons (Fsp3) is 0.452. The van der Waals surface area contributed by atoms with E-state index >= 15 is 0 Å². The van der Waals surface area contributed by atoms with Gasteiger partial charge in [-0.1, -0.05) is 18.2 Å². The van der Waals surface area contributed by atoms with E-state index in [1.54, 1.807) is 14.0 Å². The first kappa shape index (κ1) is 31.2. The van der Waals surface area contributed by atoms with Gasteiger partial charge in [0.15, 0.2) is 0 Å². The van der Waals surface area contributed by atoms with Gasteiger partial charge in [-0.15, -0.1) is 11.3 Å². The number of rotatable bonds is 10. The van der Waals surface area contributed by atoms with Crippen LogP contribution in [0.15, 0.2) is 50.7 Å². The number of nitrogens with one attached hydrogen (secondary N) is 1. The Kier molecular flexibility index (Phi) is 8.80. The zero-order valence-corrected chi connectivity index (χ0v) is 26.1. The summed E-state index contributed by atoms with van der Waals surface area (Å²) < 4.78 is 20.1. The van der Waals surface area contributed by atoms with Crippen molar-refractivity contribution in [3.63, 3.8) is 0 Å². The third kappa shape index (κ3) is 5.81. The molecule has 1 fully saturated rings. The second-order valence-corrected chi connectivity index (χ2v) is 12.5. The normalized spacial score (nSPS) is 17.8. The molecule has 0 bridgehead atoms. The first-order chi connectivity index (χ1) is 20.9. The van der Waals surface area contributed by atoms with Crippen molar-refractivity contribution in [3.8, 4) is 16.5 Å². The van der Waals surface area contributed by atoms with Gasteiger partial charge in [0.2, 0.25) is 11.8 Å². The molecule has 4 aromatic rings. The number of aromatic nitrogens is 3. The van der Waals surface area contributed by atoms with E-state index in [1.807, 2.05) is 24.3 Å². The van der Waals surface area contributed by atoms with Crippen LogP contribution in [0.3, 0.4) is 0 Å². The number of oxazole rings is 1. The summed E-state index contributed by atoms with van der Waals surface area (Å²) in [6.45, 7) is 5.86. The Hall–Kier alpha value is -4.23. The molecule has 1 unspecified atom stereocenters. The van der Waals surface area contributed by atoms with E-state index in [2.05, 4.69) is 10.3 Å². The molecule has 3 aromatic heterocycles. The minimum atomic E-state index is -1.84. The molecule has 1 aromatic carbocycles. The lowest BCUT2D eigenvalue weighted by Gasteiger charge is -2.33. The van der Waals surface area contributed by atoms with Crippen molar-refractivity contribution < 1.29 is 28.6 Å². The van der Waals surface area contributed by atoms with Crippen LogP contribution in [-0.4, -0.2) is 50.4 Å². The van der Waals surface area contributed by atoms with Crippen LogP contribution in [0, 0.1) is 6.92 Å². The molecule has 13 heteroatoms. The number of hydrogen-bond acceptors (Lipinski definition) is 9. The highest BCUT2D eigenvalue weighted by molar-refractivity contribution is 7.22.